The largest absolute Gasteiger partial charge is 0.339 e. The molecule has 6 heteroatoms. The van der Waals surface area contributed by atoms with E-state index in [0.717, 1.165) is 57.6 Å². The van der Waals surface area contributed by atoms with Crippen molar-refractivity contribution in [1.82, 2.24) is 19.4 Å². The van der Waals surface area contributed by atoms with Crippen molar-refractivity contribution in [3.05, 3.63) is 18.2 Å². The Morgan fingerprint density at radius 3 is 2.91 bits per heavy atom. The zero-order chi connectivity index (χ0) is 16.2. The van der Waals surface area contributed by atoms with Gasteiger partial charge in [-0.05, 0) is 32.6 Å². The average Bonchev–Trinajstić information content (AvgIpc) is 2.89. The van der Waals surface area contributed by atoms with Crippen molar-refractivity contribution in [3.8, 4) is 0 Å². The smallest absolute Gasteiger partial charge is 0.242 e. The molecule has 0 unspecified atom stereocenters. The standard InChI is InChI=1S/C17H26N4O2/c1-14-18-8-11-21(14)15-6-5-10-19(12-15)17(23)13-20-9-4-2-3-7-16(20)22/h8,11,15H,2-7,9-10,12-13H2,1H3/t15-/m0/s1. The van der Waals surface area contributed by atoms with Crippen LogP contribution in [0.4, 0.5) is 0 Å². The number of hydrogen-bond donors (Lipinski definition) is 0. The Morgan fingerprint density at radius 2 is 2.13 bits per heavy atom. The van der Waals surface area contributed by atoms with E-state index in [2.05, 4.69) is 9.55 Å². The fraction of sp³-hybridized carbons (Fsp3) is 0.706. The number of nitrogens with zero attached hydrogens (tertiary/aromatic N) is 4. The van der Waals surface area contributed by atoms with Gasteiger partial charge in [0.2, 0.25) is 11.8 Å². The van der Waals surface area contributed by atoms with Crippen LogP contribution in [-0.2, 0) is 9.59 Å². The highest BCUT2D eigenvalue weighted by atomic mass is 16.2. The van der Waals surface area contributed by atoms with Gasteiger partial charge in [-0.15, -0.1) is 0 Å². The van der Waals surface area contributed by atoms with Gasteiger partial charge in [0.1, 0.15) is 5.82 Å². The molecule has 2 amide bonds. The molecule has 0 aromatic carbocycles. The van der Waals surface area contributed by atoms with Crippen LogP contribution in [0.25, 0.3) is 0 Å². The number of likely N-dealkylation sites (tertiary alicyclic amines) is 2. The van der Waals surface area contributed by atoms with E-state index in [1.165, 1.54) is 0 Å². The third-order valence-corrected chi connectivity index (χ3v) is 5.00. The van der Waals surface area contributed by atoms with Crippen LogP contribution in [0.2, 0.25) is 0 Å². The first kappa shape index (κ1) is 16.0. The van der Waals surface area contributed by atoms with Crippen LogP contribution in [0.3, 0.4) is 0 Å². The topological polar surface area (TPSA) is 58.4 Å². The quantitative estimate of drug-likeness (QED) is 0.853. The van der Waals surface area contributed by atoms with Crippen molar-refractivity contribution >= 4 is 11.8 Å². The number of hydrogen-bond acceptors (Lipinski definition) is 3. The van der Waals surface area contributed by atoms with E-state index in [9.17, 15) is 9.59 Å². The Morgan fingerprint density at radius 1 is 1.26 bits per heavy atom. The Balaban J connectivity index is 1.60. The molecule has 2 aliphatic rings. The van der Waals surface area contributed by atoms with Crippen LogP contribution < -0.4 is 0 Å². The number of imidazole rings is 1. The molecule has 6 nitrogen and oxygen atoms in total. The van der Waals surface area contributed by atoms with Crippen LogP contribution in [0, 0.1) is 6.92 Å². The fourth-order valence-corrected chi connectivity index (χ4v) is 3.65. The highest BCUT2D eigenvalue weighted by Crippen LogP contribution is 2.23. The number of piperidine rings is 1. The SMILES string of the molecule is Cc1nccn1[C@H]1CCCN(C(=O)CN2CCCCCC2=O)C1. The van der Waals surface area contributed by atoms with Gasteiger partial charge in [0.05, 0.1) is 12.6 Å². The molecule has 0 aliphatic carbocycles. The molecular formula is C17H26N4O2. The maximum Gasteiger partial charge on any atom is 0.242 e. The van der Waals surface area contributed by atoms with E-state index < -0.39 is 0 Å². The first-order chi connectivity index (χ1) is 11.1. The third kappa shape index (κ3) is 3.74. The van der Waals surface area contributed by atoms with Crippen molar-refractivity contribution in [2.45, 2.75) is 51.5 Å². The molecule has 23 heavy (non-hydrogen) atoms. The Kier molecular flexibility index (Phi) is 4.98. The number of aromatic nitrogens is 2. The van der Waals surface area contributed by atoms with E-state index in [1.54, 1.807) is 4.90 Å². The molecule has 1 aromatic heterocycles. The van der Waals surface area contributed by atoms with E-state index in [4.69, 9.17) is 0 Å². The average molecular weight is 318 g/mol. The van der Waals surface area contributed by atoms with Gasteiger partial charge in [-0.2, -0.15) is 0 Å². The van der Waals surface area contributed by atoms with Gasteiger partial charge in [-0.3, -0.25) is 9.59 Å². The van der Waals surface area contributed by atoms with Gasteiger partial charge in [0.15, 0.2) is 0 Å². The van der Waals surface area contributed by atoms with Gasteiger partial charge >= 0.3 is 0 Å². The van der Waals surface area contributed by atoms with Gasteiger partial charge in [-0.1, -0.05) is 6.42 Å². The Bertz CT molecular complexity index is 569. The van der Waals surface area contributed by atoms with E-state index in [0.29, 0.717) is 12.5 Å². The third-order valence-electron chi connectivity index (χ3n) is 5.00. The molecule has 2 fully saturated rings. The first-order valence-corrected chi connectivity index (χ1v) is 8.70. The second-order valence-corrected chi connectivity index (χ2v) is 6.64. The number of aryl methyl sites for hydroxylation is 1. The maximum atomic E-state index is 12.6. The predicted molar refractivity (Wildman–Crippen MR) is 86.9 cm³/mol. The summed E-state index contributed by atoms with van der Waals surface area (Å²) in [6.45, 7) is 4.48. The minimum atomic E-state index is 0.0859. The summed E-state index contributed by atoms with van der Waals surface area (Å²) < 4.78 is 2.16. The monoisotopic (exact) mass is 318 g/mol. The van der Waals surface area contributed by atoms with Crippen LogP contribution in [-0.4, -0.2) is 57.3 Å². The molecule has 0 N–H and O–H groups in total. The normalized spacial score (nSPS) is 23.0. The lowest BCUT2D eigenvalue weighted by molar-refractivity contribution is -0.141. The zero-order valence-corrected chi connectivity index (χ0v) is 13.9. The van der Waals surface area contributed by atoms with Crippen molar-refractivity contribution in [2.24, 2.45) is 0 Å². The number of carbonyl (C=O) groups is 2. The molecule has 0 radical (unpaired) electrons. The van der Waals surface area contributed by atoms with E-state index >= 15 is 0 Å². The molecule has 0 bridgehead atoms. The van der Waals surface area contributed by atoms with Gasteiger partial charge in [0, 0.05) is 38.4 Å². The Hall–Kier alpha value is -1.85. The van der Waals surface area contributed by atoms with E-state index in [-0.39, 0.29) is 18.4 Å². The highest BCUT2D eigenvalue weighted by molar-refractivity contribution is 5.85. The van der Waals surface area contributed by atoms with Crippen LogP contribution in [0.5, 0.6) is 0 Å². The molecule has 0 spiro atoms. The zero-order valence-electron chi connectivity index (χ0n) is 13.9. The Labute approximate surface area is 137 Å². The van der Waals surface area contributed by atoms with Crippen LogP contribution >= 0.6 is 0 Å². The fourth-order valence-electron chi connectivity index (χ4n) is 3.65. The minimum Gasteiger partial charge on any atom is -0.339 e. The summed E-state index contributed by atoms with van der Waals surface area (Å²) in [4.78, 5) is 32.7. The van der Waals surface area contributed by atoms with Crippen molar-refractivity contribution in [1.29, 1.82) is 0 Å². The van der Waals surface area contributed by atoms with Crippen molar-refractivity contribution in [2.75, 3.05) is 26.2 Å². The molecule has 1 aromatic rings. The summed E-state index contributed by atoms with van der Waals surface area (Å²) in [5.41, 5.74) is 0. The summed E-state index contributed by atoms with van der Waals surface area (Å²) in [6.07, 6.45) is 9.52. The van der Waals surface area contributed by atoms with Gasteiger partial charge < -0.3 is 14.4 Å². The molecule has 1 atom stereocenters. The maximum absolute atomic E-state index is 12.6. The minimum absolute atomic E-state index is 0.0859. The molecule has 0 saturated carbocycles. The second kappa shape index (κ2) is 7.15. The number of rotatable bonds is 3. The van der Waals surface area contributed by atoms with Crippen molar-refractivity contribution < 1.29 is 9.59 Å². The molecule has 2 aliphatic heterocycles. The molecule has 3 rings (SSSR count). The summed E-state index contributed by atoms with van der Waals surface area (Å²) in [5, 5.41) is 0. The predicted octanol–water partition coefficient (Wildman–Crippen LogP) is 1.76. The number of carbonyl (C=O) groups excluding carboxylic acids is 2. The molecule has 126 valence electrons. The number of amides is 2. The lowest BCUT2D eigenvalue weighted by Gasteiger charge is -2.35. The van der Waals surface area contributed by atoms with Gasteiger partial charge in [-0.25, -0.2) is 4.98 Å². The lowest BCUT2D eigenvalue weighted by Crippen LogP contribution is -2.46. The van der Waals surface area contributed by atoms with Crippen LogP contribution in [0.1, 0.15) is 50.4 Å². The summed E-state index contributed by atoms with van der Waals surface area (Å²) in [6, 6.07) is 0.301. The molecule has 3 heterocycles. The molecule has 2 saturated heterocycles. The highest BCUT2D eigenvalue weighted by Gasteiger charge is 2.27. The summed E-state index contributed by atoms with van der Waals surface area (Å²) in [5.74, 6) is 1.21. The first-order valence-electron chi connectivity index (χ1n) is 8.70. The van der Waals surface area contributed by atoms with Crippen molar-refractivity contribution in [3.63, 3.8) is 0 Å². The van der Waals surface area contributed by atoms with Gasteiger partial charge in [0.25, 0.3) is 0 Å². The van der Waals surface area contributed by atoms with E-state index in [1.807, 2.05) is 24.2 Å². The second-order valence-electron chi connectivity index (χ2n) is 6.64. The lowest BCUT2D eigenvalue weighted by atomic mass is 10.1. The summed E-state index contributed by atoms with van der Waals surface area (Å²) in [7, 11) is 0. The summed E-state index contributed by atoms with van der Waals surface area (Å²) >= 11 is 0. The molecular weight excluding hydrogens is 292 g/mol. The van der Waals surface area contributed by atoms with Crippen LogP contribution in [0.15, 0.2) is 12.4 Å².